The second-order valence-corrected chi connectivity index (χ2v) is 11.6. The van der Waals surface area contributed by atoms with Crippen LogP contribution in [0.25, 0.3) is 10.8 Å². The molecule has 5 atom stereocenters. The average Bonchev–Trinajstić information content (AvgIpc) is 3.59. The number of likely N-dealkylation sites (tertiary alicyclic amines) is 1. The number of aliphatic hydroxyl groups is 1. The lowest BCUT2D eigenvalue weighted by Gasteiger charge is -2.37. The molecule has 0 aliphatic carbocycles. The highest BCUT2D eigenvalue weighted by molar-refractivity contribution is 6.06. The Morgan fingerprint density at radius 3 is 2.49 bits per heavy atom. The molecule has 41 heavy (non-hydrogen) atoms. The van der Waals surface area contributed by atoms with Gasteiger partial charge < -0.3 is 24.5 Å². The number of amides is 3. The van der Waals surface area contributed by atoms with E-state index in [0.29, 0.717) is 50.9 Å². The van der Waals surface area contributed by atoms with Gasteiger partial charge in [-0.1, -0.05) is 49.4 Å². The quantitative estimate of drug-likeness (QED) is 0.314. The van der Waals surface area contributed by atoms with Crippen LogP contribution in [0.4, 0.5) is 5.69 Å². The maximum atomic E-state index is 14.7. The van der Waals surface area contributed by atoms with Crippen LogP contribution >= 0.6 is 0 Å². The van der Waals surface area contributed by atoms with E-state index < -0.39 is 29.1 Å². The molecule has 3 heterocycles. The number of anilines is 1. The van der Waals surface area contributed by atoms with E-state index in [2.05, 4.69) is 13.2 Å². The normalized spacial score (nSPS) is 28.1. The predicted octanol–water partition coefficient (Wildman–Crippen LogP) is 3.93. The number of hydrogen-bond donors (Lipinski definition) is 1. The lowest BCUT2D eigenvalue weighted by molar-refractivity contribution is -0.150. The van der Waals surface area contributed by atoms with E-state index in [0.717, 1.165) is 10.8 Å². The van der Waals surface area contributed by atoms with Crippen molar-refractivity contribution in [1.29, 1.82) is 0 Å². The maximum absolute atomic E-state index is 14.7. The zero-order valence-electron chi connectivity index (χ0n) is 24.1. The first-order valence-electron chi connectivity index (χ1n) is 14.7. The molecular weight excluding hydrogens is 518 g/mol. The zero-order valence-corrected chi connectivity index (χ0v) is 24.1. The van der Waals surface area contributed by atoms with Gasteiger partial charge in [-0.05, 0) is 55.0 Å². The van der Waals surface area contributed by atoms with Gasteiger partial charge in [-0.2, -0.15) is 0 Å². The van der Waals surface area contributed by atoms with Crippen LogP contribution in [-0.2, 0) is 19.1 Å². The molecule has 2 aromatic rings. The van der Waals surface area contributed by atoms with Crippen molar-refractivity contribution in [3.63, 3.8) is 0 Å². The minimum Gasteiger partial charge on any atom is -0.396 e. The third-order valence-electron chi connectivity index (χ3n) is 9.39. The van der Waals surface area contributed by atoms with Gasteiger partial charge in [-0.3, -0.25) is 14.4 Å². The summed E-state index contributed by atoms with van der Waals surface area (Å²) in [5.41, 5.74) is -1.18. The number of aliphatic hydroxyl groups excluding tert-OH is 1. The lowest BCUT2D eigenvalue weighted by Crippen LogP contribution is -2.56. The van der Waals surface area contributed by atoms with Gasteiger partial charge in [0.1, 0.15) is 11.6 Å². The van der Waals surface area contributed by atoms with E-state index in [1.54, 1.807) is 33.9 Å². The van der Waals surface area contributed by atoms with E-state index in [4.69, 9.17) is 4.74 Å². The molecule has 218 valence electrons. The van der Waals surface area contributed by atoms with E-state index >= 15 is 0 Å². The van der Waals surface area contributed by atoms with Crippen LogP contribution in [0.1, 0.15) is 39.0 Å². The third-order valence-corrected chi connectivity index (χ3v) is 9.39. The Morgan fingerprint density at radius 2 is 1.80 bits per heavy atom. The van der Waals surface area contributed by atoms with Gasteiger partial charge in [0.05, 0.1) is 17.4 Å². The molecular formula is C33H41N3O5. The zero-order chi connectivity index (χ0) is 29.4. The minimum atomic E-state index is -1.10. The van der Waals surface area contributed by atoms with Crippen molar-refractivity contribution in [2.45, 2.75) is 56.3 Å². The second kappa shape index (κ2) is 11.4. The van der Waals surface area contributed by atoms with Gasteiger partial charge in [0.25, 0.3) is 5.91 Å². The highest BCUT2D eigenvalue weighted by Gasteiger charge is 2.78. The topological polar surface area (TPSA) is 90.4 Å². The Hall–Kier alpha value is -3.49. The van der Waals surface area contributed by atoms with Crippen molar-refractivity contribution in [1.82, 2.24) is 9.80 Å². The highest BCUT2D eigenvalue weighted by atomic mass is 16.5. The van der Waals surface area contributed by atoms with E-state index in [-0.39, 0.29) is 30.9 Å². The van der Waals surface area contributed by atoms with Crippen molar-refractivity contribution in [2.75, 3.05) is 38.2 Å². The van der Waals surface area contributed by atoms with Crippen molar-refractivity contribution in [3.05, 3.63) is 67.8 Å². The highest BCUT2D eigenvalue weighted by Crippen LogP contribution is 2.64. The molecule has 0 radical (unpaired) electrons. The van der Waals surface area contributed by atoms with Gasteiger partial charge in [-0.15, -0.1) is 13.2 Å². The number of benzene rings is 2. The molecule has 1 spiro atoms. The van der Waals surface area contributed by atoms with Crippen LogP contribution in [-0.4, -0.2) is 83.2 Å². The summed E-state index contributed by atoms with van der Waals surface area (Å²) in [7, 11) is 1.72. The van der Waals surface area contributed by atoms with Crippen molar-refractivity contribution < 1.29 is 24.2 Å². The summed E-state index contributed by atoms with van der Waals surface area (Å²) >= 11 is 0. The molecule has 2 unspecified atom stereocenters. The molecule has 3 fully saturated rings. The van der Waals surface area contributed by atoms with Crippen LogP contribution in [0.3, 0.4) is 0 Å². The summed E-state index contributed by atoms with van der Waals surface area (Å²) in [6, 6.07) is 13.0. The largest absolute Gasteiger partial charge is 0.396 e. The third kappa shape index (κ3) is 4.57. The fourth-order valence-corrected chi connectivity index (χ4v) is 7.47. The number of unbranched alkanes of at least 4 members (excludes halogenated alkanes) is 1. The van der Waals surface area contributed by atoms with Crippen LogP contribution < -0.4 is 4.90 Å². The lowest BCUT2D eigenvalue weighted by atomic mass is 9.64. The van der Waals surface area contributed by atoms with Crippen molar-refractivity contribution in [3.8, 4) is 0 Å². The maximum Gasteiger partial charge on any atom is 0.253 e. The summed E-state index contributed by atoms with van der Waals surface area (Å²) in [5, 5.41) is 11.5. The second-order valence-electron chi connectivity index (χ2n) is 11.6. The van der Waals surface area contributed by atoms with Gasteiger partial charge in [0.15, 0.2) is 0 Å². The molecule has 3 aliphatic heterocycles. The van der Waals surface area contributed by atoms with Crippen LogP contribution in [0.5, 0.6) is 0 Å². The number of ether oxygens (including phenoxy) is 1. The molecule has 2 aromatic carbocycles. The molecule has 0 aromatic heterocycles. The number of nitrogens with zero attached hydrogens (tertiary/aromatic N) is 3. The Morgan fingerprint density at radius 1 is 1.07 bits per heavy atom. The van der Waals surface area contributed by atoms with Crippen molar-refractivity contribution in [2.24, 2.45) is 11.8 Å². The van der Waals surface area contributed by atoms with Gasteiger partial charge >= 0.3 is 0 Å². The van der Waals surface area contributed by atoms with Gasteiger partial charge in [0.2, 0.25) is 11.8 Å². The SMILES string of the molecule is C=CCN(C)C(=O)[C@H]1[C@H]2C(=O)N(CCCCO)C(C(=O)N(CC=C)c3ccc4ccccc4c3)C23CC[C@]1(CC)O3. The fourth-order valence-electron chi connectivity index (χ4n) is 7.47. The number of hydrogen-bond acceptors (Lipinski definition) is 5. The molecule has 3 aliphatic rings. The predicted molar refractivity (Wildman–Crippen MR) is 159 cm³/mol. The van der Waals surface area contributed by atoms with E-state index in [9.17, 15) is 19.5 Å². The van der Waals surface area contributed by atoms with Gasteiger partial charge in [0, 0.05) is 39.0 Å². The number of carbonyl (C=O) groups is 3. The Bertz CT molecular complexity index is 1360. The van der Waals surface area contributed by atoms with E-state index in [1.807, 2.05) is 49.4 Å². The van der Waals surface area contributed by atoms with Crippen LogP contribution in [0.15, 0.2) is 67.8 Å². The monoisotopic (exact) mass is 559 g/mol. The molecule has 2 bridgehead atoms. The molecule has 1 N–H and O–H groups in total. The molecule has 3 saturated heterocycles. The number of fused-ring (bicyclic) bond motifs is 2. The summed E-state index contributed by atoms with van der Waals surface area (Å²) in [4.78, 5) is 47.9. The van der Waals surface area contributed by atoms with Crippen molar-refractivity contribution >= 4 is 34.2 Å². The Labute approximate surface area is 242 Å². The summed E-state index contributed by atoms with van der Waals surface area (Å²) in [5.74, 6) is -2.02. The summed E-state index contributed by atoms with van der Waals surface area (Å²) in [6.07, 6.45) is 6.11. The number of rotatable bonds is 12. The minimum absolute atomic E-state index is 0.00218. The first-order chi connectivity index (χ1) is 19.8. The first-order valence-corrected chi connectivity index (χ1v) is 14.7. The van der Waals surface area contributed by atoms with Crippen LogP contribution in [0, 0.1) is 11.8 Å². The molecule has 5 rings (SSSR count). The molecule has 8 nitrogen and oxygen atoms in total. The average molecular weight is 560 g/mol. The number of likely N-dealkylation sites (N-methyl/N-ethyl adjacent to an activating group) is 1. The standard InChI is InChI=1S/C33H41N3O5/c1-5-18-34(4)29(38)26-27-30(39)36(20-10-11-21-37)28(33(27)17-16-32(26,7-3)41-33)31(40)35(19-6-2)25-15-14-23-12-8-9-13-24(23)22-25/h5-6,8-9,12-15,22,26-28,37H,1-2,7,10-11,16-21H2,3-4H3/t26-,27+,28?,32+,33?/m1/s1. The molecule has 8 heteroatoms. The van der Waals surface area contributed by atoms with Crippen LogP contribution in [0.2, 0.25) is 0 Å². The Balaban J connectivity index is 1.59. The number of carbonyl (C=O) groups excluding carboxylic acids is 3. The smallest absolute Gasteiger partial charge is 0.253 e. The fraction of sp³-hybridized carbons (Fsp3) is 0.485. The van der Waals surface area contributed by atoms with Gasteiger partial charge in [-0.25, -0.2) is 0 Å². The van der Waals surface area contributed by atoms with E-state index in [1.165, 1.54) is 0 Å². The molecule has 3 amide bonds. The Kier molecular flexibility index (Phi) is 8.08. The first kappa shape index (κ1) is 29.0. The summed E-state index contributed by atoms with van der Waals surface area (Å²) in [6.45, 7) is 10.6. The summed E-state index contributed by atoms with van der Waals surface area (Å²) < 4.78 is 6.90. The molecule has 0 saturated carbocycles.